The summed E-state index contributed by atoms with van der Waals surface area (Å²) in [5, 5.41) is 13.2. The van der Waals surface area contributed by atoms with E-state index in [0.717, 1.165) is 6.07 Å². The van der Waals surface area contributed by atoms with E-state index >= 15 is 0 Å². The molecule has 1 aliphatic heterocycles. The lowest BCUT2D eigenvalue weighted by Crippen LogP contribution is -2.27. The van der Waals surface area contributed by atoms with E-state index in [0.29, 0.717) is 17.0 Å². The predicted octanol–water partition coefficient (Wildman–Crippen LogP) is 2.13. The van der Waals surface area contributed by atoms with Gasteiger partial charge in [-0.3, -0.25) is 4.79 Å². The number of hydrogen-bond acceptors (Lipinski definition) is 5. The van der Waals surface area contributed by atoms with E-state index < -0.39 is 23.9 Å². The lowest BCUT2D eigenvalue weighted by atomic mass is 9.97. The van der Waals surface area contributed by atoms with Gasteiger partial charge in [-0.1, -0.05) is 0 Å². The molecular formula is C18H14F2N6O. The standard InChI is InChI=1S/C18H14F2N6O/c19-11-1-2-13(17(22)27)14(5-11)15-6-12(20)9-25(15)16-3-4-26-18(24-16)10(7-21)8-23-26/h1-5,8,12,15H,6,9H2,(H2,22,27)/t12-,15+/m0/s1. The number of carbonyl (C=O) groups is 1. The first-order chi connectivity index (χ1) is 13.0. The maximum absolute atomic E-state index is 14.3. The molecule has 0 unspecified atom stereocenters. The third kappa shape index (κ3) is 2.85. The summed E-state index contributed by atoms with van der Waals surface area (Å²) in [6, 6.07) is 6.68. The molecule has 2 atom stereocenters. The first-order valence-corrected chi connectivity index (χ1v) is 8.22. The van der Waals surface area contributed by atoms with E-state index in [1.165, 1.54) is 22.8 Å². The SMILES string of the molecule is N#Cc1cnn2ccc(N3C[C@@H](F)C[C@@H]3c3cc(F)ccc3C(N)=O)nc12. The van der Waals surface area contributed by atoms with Crippen LogP contribution in [0.25, 0.3) is 5.65 Å². The zero-order chi connectivity index (χ0) is 19.1. The molecule has 3 aromatic rings. The van der Waals surface area contributed by atoms with Crippen LogP contribution in [0.1, 0.15) is 33.9 Å². The molecule has 9 heteroatoms. The van der Waals surface area contributed by atoms with Crippen molar-refractivity contribution < 1.29 is 13.6 Å². The third-order valence-corrected chi connectivity index (χ3v) is 4.66. The molecule has 1 aromatic carbocycles. The number of halogens is 2. The highest BCUT2D eigenvalue weighted by molar-refractivity contribution is 5.94. The van der Waals surface area contributed by atoms with Crippen LogP contribution >= 0.6 is 0 Å². The molecule has 136 valence electrons. The van der Waals surface area contributed by atoms with Gasteiger partial charge in [0.05, 0.1) is 18.8 Å². The van der Waals surface area contributed by atoms with Gasteiger partial charge in [0.15, 0.2) is 5.65 Å². The van der Waals surface area contributed by atoms with Gasteiger partial charge < -0.3 is 10.6 Å². The summed E-state index contributed by atoms with van der Waals surface area (Å²) in [6.07, 6.45) is 1.89. The van der Waals surface area contributed by atoms with Crippen LogP contribution in [-0.2, 0) is 0 Å². The second kappa shape index (κ2) is 6.32. The molecule has 0 saturated carbocycles. The number of nitrogens with zero attached hydrogens (tertiary/aromatic N) is 5. The second-order valence-electron chi connectivity index (χ2n) is 6.32. The molecule has 4 rings (SSSR count). The Balaban J connectivity index is 1.82. The normalized spacial score (nSPS) is 19.4. The zero-order valence-electron chi connectivity index (χ0n) is 14.0. The fraction of sp³-hybridized carbons (Fsp3) is 0.222. The first kappa shape index (κ1) is 16.9. The molecule has 0 aliphatic carbocycles. The lowest BCUT2D eigenvalue weighted by Gasteiger charge is -2.27. The summed E-state index contributed by atoms with van der Waals surface area (Å²) in [5.74, 6) is -0.842. The minimum absolute atomic E-state index is 0.0264. The fourth-order valence-electron chi connectivity index (χ4n) is 3.46. The van der Waals surface area contributed by atoms with Gasteiger partial charge in [-0.05, 0) is 29.8 Å². The van der Waals surface area contributed by atoms with E-state index in [1.807, 2.05) is 6.07 Å². The molecular weight excluding hydrogens is 354 g/mol. The molecule has 0 spiro atoms. The molecule has 27 heavy (non-hydrogen) atoms. The molecule has 2 N–H and O–H groups in total. The Bertz CT molecular complexity index is 1090. The van der Waals surface area contributed by atoms with Gasteiger partial charge >= 0.3 is 0 Å². The number of nitriles is 1. The number of primary amides is 1. The minimum atomic E-state index is -1.18. The maximum atomic E-state index is 14.3. The topological polar surface area (TPSA) is 100 Å². The molecule has 0 radical (unpaired) electrons. The average molecular weight is 368 g/mol. The van der Waals surface area contributed by atoms with Gasteiger partial charge in [0, 0.05) is 18.2 Å². The van der Waals surface area contributed by atoms with Crippen LogP contribution < -0.4 is 10.6 Å². The summed E-state index contributed by atoms with van der Waals surface area (Å²) in [5.41, 5.74) is 6.50. The number of alkyl halides is 1. The number of fused-ring (bicyclic) bond motifs is 1. The van der Waals surface area contributed by atoms with Crippen molar-refractivity contribution in [3.05, 3.63) is 59.2 Å². The van der Waals surface area contributed by atoms with Crippen molar-refractivity contribution in [1.29, 1.82) is 5.26 Å². The summed E-state index contributed by atoms with van der Waals surface area (Å²) in [7, 11) is 0. The van der Waals surface area contributed by atoms with Gasteiger partial charge in [-0.2, -0.15) is 10.4 Å². The monoisotopic (exact) mass is 368 g/mol. The number of amides is 1. The van der Waals surface area contributed by atoms with E-state index in [4.69, 9.17) is 5.73 Å². The van der Waals surface area contributed by atoms with Gasteiger partial charge in [-0.25, -0.2) is 18.3 Å². The fourth-order valence-corrected chi connectivity index (χ4v) is 3.46. The van der Waals surface area contributed by atoms with Gasteiger partial charge in [-0.15, -0.1) is 0 Å². The summed E-state index contributed by atoms with van der Waals surface area (Å²) in [6.45, 7) is 0.0264. The van der Waals surface area contributed by atoms with Crippen molar-refractivity contribution in [2.45, 2.75) is 18.6 Å². The van der Waals surface area contributed by atoms with Crippen molar-refractivity contribution in [1.82, 2.24) is 14.6 Å². The number of benzene rings is 1. The van der Waals surface area contributed by atoms with Crippen LogP contribution in [0, 0.1) is 17.1 Å². The van der Waals surface area contributed by atoms with E-state index in [1.54, 1.807) is 17.2 Å². The highest BCUT2D eigenvalue weighted by atomic mass is 19.1. The molecule has 1 aliphatic rings. The molecule has 0 bridgehead atoms. The van der Waals surface area contributed by atoms with E-state index in [2.05, 4.69) is 10.1 Å². The molecule has 2 aromatic heterocycles. The quantitative estimate of drug-likeness (QED) is 0.763. The van der Waals surface area contributed by atoms with Gasteiger partial charge in [0.25, 0.3) is 0 Å². The number of hydrogen-bond donors (Lipinski definition) is 1. The maximum Gasteiger partial charge on any atom is 0.249 e. The Kier molecular flexibility index (Phi) is 3.96. The average Bonchev–Trinajstić information content (AvgIpc) is 3.23. The Labute approximate surface area is 152 Å². The predicted molar refractivity (Wildman–Crippen MR) is 92.2 cm³/mol. The molecule has 1 fully saturated rings. The third-order valence-electron chi connectivity index (χ3n) is 4.66. The van der Waals surface area contributed by atoms with Gasteiger partial charge in [0.1, 0.15) is 29.4 Å². The first-order valence-electron chi connectivity index (χ1n) is 8.22. The van der Waals surface area contributed by atoms with Crippen molar-refractivity contribution in [2.75, 3.05) is 11.4 Å². The number of anilines is 1. The Morgan fingerprint density at radius 3 is 2.93 bits per heavy atom. The lowest BCUT2D eigenvalue weighted by molar-refractivity contribution is 0.0999. The van der Waals surface area contributed by atoms with Crippen molar-refractivity contribution in [3.63, 3.8) is 0 Å². The van der Waals surface area contributed by atoms with Crippen LogP contribution in [0.15, 0.2) is 36.7 Å². The summed E-state index contributed by atoms with van der Waals surface area (Å²) >= 11 is 0. The van der Waals surface area contributed by atoms with Crippen molar-refractivity contribution >= 4 is 17.4 Å². The van der Waals surface area contributed by atoms with Crippen LogP contribution in [-0.4, -0.2) is 33.2 Å². The molecule has 1 saturated heterocycles. The Hall–Kier alpha value is -3.54. The second-order valence-corrected chi connectivity index (χ2v) is 6.32. The molecule has 3 heterocycles. The van der Waals surface area contributed by atoms with Crippen LogP contribution in [0.4, 0.5) is 14.6 Å². The van der Waals surface area contributed by atoms with E-state index in [9.17, 15) is 18.8 Å². The van der Waals surface area contributed by atoms with E-state index in [-0.39, 0.29) is 24.1 Å². The molecule has 1 amide bonds. The number of rotatable bonds is 3. The molecule has 7 nitrogen and oxygen atoms in total. The highest BCUT2D eigenvalue weighted by Gasteiger charge is 2.36. The van der Waals surface area contributed by atoms with Crippen LogP contribution in [0.3, 0.4) is 0 Å². The van der Waals surface area contributed by atoms with Crippen molar-refractivity contribution in [3.8, 4) is 6.07 Å². The zero-order valence-corrected chi connectivity index (χ0v) is 14.0. The minimum Gasteiger partial charge on any atom is -0.366 e. The van der Waals surface area contributed by atoms with Crippen molar-refractivity contribution in [2.24, 2.45) is 5.73 Å². The Morgan fingerprint density at radius 2 is 2.19 bits per heavy atom. The highest BCUT2D eigenvalue weighted by Crippen LogP contribution is 2.38. The summed E-state index contributed by atoms with van der Waals surface area (Å²) < 4.78 is 29.5. The largest absolute Gasteiger partial charge is 0.366 e. The number of carbonyl (C=O) groups excluding carboxylic acids is 1. The number of aromatic nitrogens is 3. The van der Waals surface area contributed by atoms with Crippen LogP contribution in [0.5, 0.6) is 0 Å². The van der Waals surface area contributed by atoms with Gasteiger partial charge in [0.2, 0.25) is 5.91 Å². The Morgan fingerprint density at radius 1 is 1.37 bits per heavy atom. The summed E-state index contributed by atoms with van der Waals surface area (Å²) in [4.78, 5) is 17.8. The smallest absolute Gasteiger partial charge is 0.249 e. The number of nitrogens with two attached hydrogens (primary N) is 1. The van der Waals surface area contributed by atoms with Crippen LogP contribution in [0.2, 0.25) is 0 Å².